The van der Waals surface area contributed by atoms with Crippen molar-refractivity contribution in [1.82, 2.24) is 5.32 Å². The van der Waals surface area contributed by atoms with Crippen LogP contribution in [0.2, 0.25) is 0 Å². The Morgan fingerprint density at radius 3 is 2.32 bits per heavy atom. The lowest BCUT2D eigenvalue weighted by Gasteiger charge is -2.09. The molecule has 0 bridgehead atoms. The van der Waals surface area contributed by atoms with Crippen LogP contribution in [0.3, 0.4) is 0 Å². The van der Waals surface area contributed by atoms with Crippen LogP contribution in [0.1, 0.15) is 15.9 Å². The van der Waals surface area contributed by atoms with Crippen LogP contribution >= 0.6 is 0 Å². The Morgan fingerprint density at radius 1 is 0.929 bits per heavy atom. The predicted molar refractivity (Wildman–Crippen MR) is 105 cm³/mol. The quantitative estimate of drug-likeness (QED) is 0.672. The van der Waals surface area contributed by atoms with Crippen LogP contribution < -0.4 is 15.4 Å². The number of aryl methyl sites for hydroxylation is 1. The summed E-state index contributed by atoms with van der Waals surface area (Å²) in [6, 6.07) is 19.7. The molecule has 0 heterocycles. The van der Waals surface area contributed by atoms with E-state index < -0.39 is 11.7 Å². The zero-order chi connectivity index (χ0) is 19.9. The Balaban J connectivity index is 1.50. The van der Waals surface area contributed by atoms with E-state index in [1.54, 1.807) is 24.3 Å². The maximum absolute atomic E-state index is 12.9. The minimum atomic E-state index is -0.447. The second-order valence-electron chi connectivity index (χ2n) is 6.18. The van der Waals surface area contributed by atoms with Crippen LogP contribution in [-0.2, 0) is 4.79 Å². The summed E-state index contributed by atoms with van der Waals surface area (Å²) in [7, 11) is 0. The molecule has 0 aromatic heterocycles. The Morgan fingerprint density at radius 2 is 1.64 bits per heavy atom. The molecule has 5 nitrogen and oxygen atoms in total. The first-order valence-electron chi connectivity index (χ1n) is 8.68. The summed E-state index contributed by atoms with van der Waals surface area (Å²) in [5, 5.41) is 5.18. The number of carbonyl (C=O) groups is 2. The molecule has 2 N–H and O–H groups in total. The molecule has 2 amide bonds. The zero-order valence-corrected chi connectivity index (χ0v) is 15.2. The number of anilines is 1. The first-order chi connectivity index (χ1) is 13.5. The van der Waals surface area contributed by atoms with Gasteiger partial charge in [-0.05, 0) is 73.2 Å². The highest BCUT2D eigenvalue weighted by Crippen LogP contribution is 2.23. The number of rotatable bonds is 6. The van der Waals surface area contributed by atoms with Crippen LogP contribution in [0.25, 0.3) is 0 Å². The minimum absolute atomic E-state index is 0.197. The summed E-state index contributed by atoms with van der Waals surface area (Å²) in [4.78, 5) is 23.9. The monoisotopic (exact) mass is 378 g/mol. The van der Waals surface area contributed by atoms with Crippen LogP contribution in [0.15, 0.2) is 72.8 Å². The standard InChI is InChI=1S/C22H19FN2O3/c1-15-3-2-4-20(13-15)28-19-11-9-18(10-12-19)25-21(26)14-24-22(27)16-5-7-17(23)8-6-16/h2-13H,14H2,1H3,(H,24,27)(H,25,26). The molecule has 0 atom stereocenters. The van der Waals surface area contributed by atoms with Gasteiger partial charge < -0.3 is 15.4 Å². The zero-order valence-electron chi connectivity index (χ0n) is 15.2. The van der Waals surface area contributed by atoms with Crippen molar-refractivity contribution in [2.75, 3.05) is 11.9 Å². The summed E-state index contributed by atoms with van der Waals surface area (Å²) in [6.45, 7) is 1.79. The number of ether oxygens (including phenoxy) is 1. The third-order valence-corrected chi connectivity index (χ3v) is 3.88. The van der Waals surface area contributed by atoms with Gasteiger partial charge in [-0.2, -0.15) is 0 Å². The molecule has 0 unspecified atom stereocenters. The number of carbonyl (C=O) groups excluding carboxylic acids is 2. The first kappa shape index (κ1) is 19.1. The van der Waals surface area contributed by atoms with Gasteiger partial charge in [-0.3, -0.25) is 9.59 Å². The lowest BCUT2D eigenvalue weighted by molar-refractivity contribution is -0.115. The average Bonchev–Trinajstić information content (AvgIpc) is 2.68. The third-order valence-electron chi connectivity index (χ3n) is 3.88. The molecule has 0 aliphatic carbocycles. The summed E-state index contributed by atoms with van der Waals surface area (Å²) >= 11 is 0. The molecule has 28 heavy (non-hydrogen) atoms. The molecule has 3 rings (SSSR count). The molecule has 0 spiro atoms. The lowest BCUT2D eigenvalue weighted by atomic mass is 10.2. The van der Waals surface area contributed by atoms with Crippen molar-refractivity contribution in [3.63, 3.8) is 0 Å². The SMILES string of the molecule is Cc1cccc(Oc2ccc(NC(=O)CNC(=O)c3ccc(F)cc3)cc2)c1. The van der Waals surface area contributed by atoms with E-state index in [2.05, 4.69) is 10.6 Å². The van der Waals surface area contributed by atoms with E-state index >= 15 is 0 Å². The average molecular weight is 378 g/mol. The van der Waals surface area contributed by atoms with Gasteiger partial charge in [0.15, 0.2) is 0 Å². The summed E-state index contributed by atoms with van der Waals surface area (Å²) < 4.78 is 18.6. The van der Waals surface area contributed by atoms with E-state index in [9.17, 15) is 14.0 Å². The largest absolute Gasteiger partial charge is 0.457 e. The first-order valence-corrected chi connectivity index (χ1v) is 8.68. The third kappa shape index (κ3) is 5.41. The Bertz CT molecular complexity index is 970. The van der Waals surface area contributed by atoms with Crippen molar-refractivity contribution in [3.8, 4) is 11.5 Å². The predicted octanol–water partition coefficient (Wildman–Crippen LogP) is 4.29. The topological polar surface area (TPSA) is 67.4 Å². The van der Waals surface area contributed by atoms with Gasteiger partial charge in [-0.25, -0.2) is 4.39 Å². The fourth-order valence-electron chi connectivity index (χ4n) is 2.49. The number of hydrogen-bond donors (Lipinski definition) is 2. The van der Waals surface area contributed by atoms with Crippen LogP contribution in [0, 0.1) is 12.7 Å². The Kier molecular flexibility index (Phi) is 6.01. The van der Waals surface area contributed by atoms with Crippen molar-refractivity contribution in [3.05, 3.63) is 89.7 Å². The summed E-state index contributed by atoms with van der Waals surface area (Å²) in [5.74, 6) is 0.137. The van der Waals surface area contributed by atoms with E-state index in [1.165, 1.54) is 24.3 Å². The Labute approximate surface area is 162 Å². The molecular weight excluding hydrogens is 359 g/mol. The molecule has 3 aromatic rings. The lowest BCUT2D eigenvalue weighted by Crippen LogP contribution is -2.32. The van der Waals surface area contributed by atoms with Crippen molar-refractivity contribution in [1.29, 1.82) is 0 Å². The van der Waals surface area contributed by atoms with E-state index in [4.69, 9.17) is 4.74 Å². The maximum atomic E-state index is 12.9. The maximum Gasteiger partial charge on any atom is 0.251 e. The molecule has 3 aromatic carbocycles. The molecule has 0 radical (unpaired) electrons. The molecular formula is C22H19FN2O3. The molecule has 0 saturated carbocycles. The van der Waals surface area contributed by atoms with E-state index in [1.807, 2.05) is 31.2 Å². The van der Waals surface area contributed by atoms with Crippen LogP contribution in [0.5, 0.6) is 11.5 Å². The fourth-order valence-corrected chi connectivity index (χ4v) is 2.49. The molecule has 0 aliphatic rings. The highest BCUT2D eigenvalue weighted by atomic mass is 19.1. The molecule has 0 aliphatic heterocycles. The van der Waals surface area contributed by atoms with Gasteiger partial charge in [0.2, 0.25) is 5.91 Å². The van der Waals surface area contributed by atoms with Crippen molar-refractivity contribution in [2.24, 2.45) is 0 Å². The highest BCUT2D eigenvalue weighted by Gasteiger charge is 2.08. The number of benzene rings is 3. The summed E-state index contributed by atoms with van der Waals surface area (Å²) in [6.07, 6.45) is 0. The van der Waals surface area contributed by atoms with Crippen molar-refractivity contribution < 1.29 is 18.7 Å². The normalized spacial score (nSPS) is 10.2. The molecule has 142 valence electrons. The summed E-state index contributed by atoms with van der Waals surface area (Å²) in [5.41, 5.74) is 1.97. The number of hydrogen-bond acceptors (Lipinski definition) is 3. The molecule has 0 saturated heterocycles. The van der Waals surface area contributed by atoms with E-state index in [0.717, 1.165) is 11.3 Å². The van der Waals surface area contributed by atoms with Crippen molar-refractivity contribution >= 4 is 17.5 Å². The van der Waals surface area contributed by atoms with Gasteiger partial charge in [0.25, 0.3) is 5.91 Å². The van der Waals surface area contributed by atoms with Gasteiger partial charge >= 0.3 is 0 Å². The minimum Gasteiger partial charge on any atom is -0.457 e. The van der Waals surface area contributed by atoms with E-state index in [-0.39, 0.29) is 18.0 Å². The number of halogens is 1. The second-order valence-corrected chi connectivity index (χ2v) is 6.18. The number of nitrogens with one attached hydrogen (secondary N) is 2. The van der Waals surface area contributed by atoms with Gasteiger partial charge in [-0.1, -0.05) is 12.1 Å². The molecule has 0 fully saturated rings. The highest BCUT2D eigenvalue weighted by molar-refractivity contribution is 5.99. The second kappa shape index (κ2) is 8.81. The van der Waals surface area contributed by atoms with Crippen LogP contribution in [0.4, 0.5) is 10.1 Å². The van der Waals surface area contributed by atoms with Gasteiger partial charge in [0.1, 0.15) is 17.3 Å². The van der Waals surface area contributed by atoms with Gasteiger partial charge in [0.05, 0.1) is 6.54 Å². The smallest absolute Gasteiger partial charge is 0.251 e. The fraction of sp³-hybridized carbons (Fsp3) is 0.0909. The van der Waals surface area contributed by atoms with Gasteiger partial charge in [0, 0.05) is 11.3 Å². The molecule has 6 heteroatoms. The van der Waals surface area contributed by atoms with Crippen LogP contribution in [-0.4, -0.2) is 18.4 Å². The van der Waals surface area contributed by atoms with E-state index in [0.29, 0.717) is 11.4 Å². The Hall–Kier alpha value is -3.67. The van der Waals surface area contributed by atoms with Gasteiger partial charge in [-0.15, -0.1) is 0 Å². The van der Waals surface area contributed by atoms with Crippen molar-refractivity contribution in [2.45, 2.75) is 6.92 Å². The number of amides is 2.